The lowest BCUT2D eigenvalue weighted by atomic mass is 10.6. The largest absolute Gasteiger partial charge is 0.283 e. The average Bonchev–Trinajstić information content (AvgIpc) is 2.65. The maximum absolute atomic E-state index is 12.2. The van der Waals surface area contributed by atoms with Crippen molar-refractivity contribution < 1.29 is 8.42 Å². The van der Waals surface area contributed by atoms with E-state index >= 15 is 0 Å². The molecule has 0 saturated carbocycles. The van der Waals surface area contributed by atoms with Crippen LogP contribution in [-0.2, 0) is 17.1 Å². The van der Waals surface area contributed by atoms with E-state index in [9.17, 15) is 8.42 Å². The summed E-state index contributed by atoms with van der Waals surface area (Å²) in [6.45, 7) is 0. The van der Waals surface area contributed by atoms with Crippen LogP contribution < -0.4 is 4.72 Å². The molecule has 0 aliphatic rings. The quantitative estimate of drug-likeness (QED) is 0.800. The van der Waals surface area contributed by atoms with Crippen LogP contribution >= 0.6 is 39.1 Å². The number of hydrogen-bond donors (Lipinski definition) is 1. The zero-order valence-electron chi connectivity index (χ0n) is 9.17. The summed E-state index contributed by atoms with van der Waals surface area (Å²) in [7, 11) is -2.53. The van der Waals surface area contributed by atoms with E-state index < -0.39 is 10.0 Å². The molecule has 19 heavy (non-hydrogen) atoms. The van der Waals surface area contributed by atoms with Crippen LogP contribution in [0.15, 0.2) is 16.0 Å². The number of nitrogens with one attached hydrogen (secondary N) is 1. The molecule has 2 aromatic heterocycles. The monoisotopic (exact) mass is 386 g/mol. The van der Waals surface area contributed by atoms with Crippen molar-refractivity contribution in [3.8, 4) is 0 Å². The Labute approximate surface area is 126 Å². The van der Waals surface area contributed by atoms with Gasteiger partial charge in [0.2, 0.25) is 5.03 Å². The molecule has 0 saturated heterocycles. The fourth-order valence-corrected chi connectivity index (χ4v) is 3.66. The van der Waals surface area contributed by atoms with E-state index in [2.05, 4.69) is 40.9 Å². The van der Waals surface area contributed by atoms with Gasteiger partial charge < -0.3 is 0 Å². The first-order valence-corrected chi connectivity index (χ1v) is 7.60. The molecule has 12 heteroatoms. The number of aromatic nitrogens is 5. The van der Waals surface area contributed by atoms with Gasteiger partial charge in [-0.1, -0.05) is 28.4 Å². The molecule has 2 heterocycles. The lowest BCUT2D eigenvalue weighted by Crippen LogP contribution is -2.18. The zero-order valence-corrected chi connectivity index (χ0v) is 13.1. The molecule has 2 rings (SSSR count). The topological polar surface area (TPSA) is 103 Å². The maximum Gasteiger partial charge on any atom is 0.283 e. The van der Waals surface area contributed by atoms with Crippen molar-refractivity contribution in [1.29, 1.82) is 0 Å². The minimum absolute atomic E-state index is 0.0587. The highest BCUT2D eigenvalue weighted by atomic mass is 79.9. The number of nitrogens with zero attached hydrogens (tertiary/aromatic N) is 5. The number of rotatable bonds is 3. The third-order valence-electron chi connectivity index (χ3n) is 1.97. The Morgan fingerprint density at radius 2 is 2.05 bits per heavy atom. The average molecular weight is 388 g/mol. The Balaban J connectivity index is 2.46. The normalized spacial score (nSPS) is 11.6. The summed E-state index contributed by atoms with van der Waals surface area (Å²) in [6.07, 6.45) is 1.09. The van der Waals surface area contributed by atoms with Gasteiger partial charge in [0, 0.05) is 7.05 Å². The molecule has 0 aliphatic heterocycles. The molecule has 0 radical (unpaired) electrons. The van der Waals surface area contributed by atoms with Crippen LogP contribution in [0.5, 0.6) is 0 Å². The molecule has 0 fully saturated rings. The van der Waals surface area contributed by atoms with E-state index in [1.54, 1.807) is 0 Å². The summed E-state index contributed by atoms with van der Waals surface area (Å²) in [5.74, 6) is -0.130. The molecule has 0 aliphatic carbocycles. The Bertz CT molecular complexity index is 714. The molecule has 0 spiro atoms. The van der Waals surface area contributed by atoms with Crippen LogP contribution in [0, 0.1) is 0 Å². The van der Waals surface area contributed by atoms with Crippen molar-refractivity contribution in [3.05, 3.63) is 21.1 Å². The molecular formula is C7H5BrCl2N6O2S. The van der Waals surface area contributed by atoms with Crippen LogP contribution in [0.25, 0.3) is 0 Å². The molecule has 0 unspecified atom stereocenters. The van der Waals surface area contributed by atoms with E-state index in [4.69, 9.17) is 23.2 Å². The first-order valence-electron chi connectivity index (χ1n) is 4.57. The fourth-order valence-electron chi connectivity index (χ4n) is 1.20. The minimum atomic E-state index is -3.96. The Morgan fingerprint density at radius 1 is 1.37 bits per heavy atom. The second-order valence-electron chi connectivity index (χ2n) is 3.24. The Hall–Kier alpha value is -0.970. The summed E-state index contributed by atoms with van der Waals surface area (Å²) in [4.78, 5) is 7.33. The van der Waals surface area contributed by atoms with Crippen LogP contribution in [0.2, 0.25) is 10.2 Å². The Kier molecular flexibility index (Phi) is 3.95. The van der Waals surface area contributed by atoms with E-state index in [1.165, 1.54) is 7.05 Å². The number of aryl methyl sites for hydroxylation is 1. The van der Waals surface area contributed by atoms with Crippen molar-refractivity contribution >= 4 is 55.0 Å². The first-order chi connectivity index (χ1) is 8.83. The van der Waals surface area contributed by atoms with Gasteiger partial charge in [-0.05, 0) is 15.9 Å². The number of sulfonamides is 1. The van der Waals surface area contributed by atoms with Gasteiger partial charge in [0.05, 0.1) is 0 Å². The van der Waals surface area contributed by atoms with Gasteiger partial charge in [-0.3, -0.25) is 4.72 Å². The molecular weight excluding hydrogens is 383 g/mol. The molecule has 8 nitrogen and oxygen atoms in total. The van der Waals surface area contributed by atoms with Crippen molar-refractivity contribution in [2.24, 2.45) is 7.05 Å². The van der Waals surface area contributed by atoms with Crippen LogP contribution in [0.3, 0.4) is 0 Å². The van der Waals surface area contributed by atoms with Gasteiger partial charge in [0.25, 0.3) is 10.0 Å². The van der Waals surface area contributed by atoms with Crippen molar-refractivity contribution in [3.63, 3.8) is 0 Å². The lowest BCUT2D eigenvalue weighted by Gasteiger charge is -2.08. The zero-order chi connectivity index (χ0) is 14.2. The van der Waals surface area contributed by atoms with Gasteiger partial charge in [0.1, 0.15) is 11.3 Å². The molecule has 1 N–H and O–H groups in total. The highest BCUT2D eigenvalue weighted by molar-refractivity contribution is 9.10. The van der Waals surface area contributed by atoms with E-state index in [-0.39, 0.29) is 25.6 Å². The molecule has 2 aromatic rings. The third kappa shape index (κ3) is 2.81. The summed E-state index contributed by atoms with van der Waals surface area (Å²) < 4.78 is 27.7. The van der Waals surface area contributed by atoms with Crippen molar-refractivity contribution in [2.75, 3.05) is 4.72 Å². The first kappa shape index (κ1) is 14.4. The lowest BCUT2D eigenvalue weighted by molar-refractivity contribution is 0.578. The number of hydrogen-bond acceptors (Lipinski definition) is 6. The minimum Gasteiger partial charge on any atom is -0.261 e. The van der Waals surface area contributed by atoms with E-state index in [0.717, 1.165) is 11.0 Å². The van der Waals surface area contributed by atoms with Gasteiger partial charge in [-0.25, -0.2) is 14.6 Å². The van der Waals surface area contributed by atoms with Crippen LogP contribution in [0.1, 0.15) is 0 Å². The summed E-state index contributed by atoms with van der Waals surface area (Å²) >= 11 is 14.5. The predicted octanol–water partition coefficient (Wildman–Crippen LogP) is 1.48. The smallest absolute Gasteiger partial charge is 0.261 e. The second-order valence-corrected chi connectivity index (χ2v) is 6.33. The highest BCUT2D eigenvalue weighted by Gasteiger charge is 2.25. The fraction of sp³-hybridized carbons (Fsp3) is 0.143. The van der Waals surface area contributed by atoms with Gasteiger partial charge in [-0.15, -0.1) is 5.10 Å². The molecule has 0 bridgehead atoms. The van der Waals surface area contributed by atoms with Crippen LogP contribution in [-0.4, -0.2) is 33.4 Å². The van der Waals surface area contributed by atoms with Gasteiger partial charge in [-0.2, -0.15) is 8.42 Å². The third-order valence-corrected chi connectivity index (χ3v) is 4.94. The van der Waals surface area contributed by atoms with Gasteiger partial charge >= 0.3 is 0 Å². The second kappa shape index (κ2) is 5.19. The van der Waals surface area contributed by atoms with Crippen LogP contribution in [0.4, 0.5) is 5.82 Å². The molecule has 0 aromatic carbocycles. The predicted molar refractivity (Wildman–Crippen MR) is 71.6 cm³/mol. The number of anilines is 1. The summed E-state index contributed by atoms with van der Waals surface area (Å²) in [6, 6.07) is 0. The summed E-state index contributed by atoms with van der Waals surface area (Å²) in [5.41, 5.74) is 0. The molecule has 102 valence electrons. The Morgan fingerprint density at radius 3 is 2.63 bits per heavy atom. The van der Waals surface area contributed by atoms with E-state index in [1.807, 2.05) is 0 Å². The summed E-state index contributed by atoms with van der Waals surface area (Å²) in [5, 5.41) is 6.83. The van der Waals surface area contributed by atoms with Gasteiger partial charge in [0.15, 0.2) is 15.6 Å². The molecule has 0 atom stereocenters. The van der Waals surface area contributed by atoms with Crippen molar-refractivity contribution in [1.82, 2.24) is 25.0 Å². The SMILES string of the molecule is Cn1nnc(Br)c1S(=O)(=O)Nc1ncnc(Cl)c1Cl. The standard InChI is InChI=1S/C7H5BrCl2N6O2S/c1-16-7(4(8)13-15-16)19(17,18)14-6-3(9)5(10)11-2-12-6/h2H,1H3,(H,11,12,14). The highest BCUT2D eigenvalue weighted by Crippen LogP contribution is 2.28. The van der Waals surface area contributed by atoms with Crippen molar-refractivity contribution in [2.45, 2.75) is 5.03 Å². The maximum atomic E-state index is 12.2. The number of halogens is 3. The van der Waals surface area contributed by atoms with E-state index in [0.29, 0.717) is 0 Å². The molecule has 0 amide bonds.